The van der Waals surface area contributed by atoms with E-state index in [0.717, 1.165) is 16.7 Å². The summed E-state index contributed by atoms with van der Waals surface area (Å²) < 4.78 is 11.6. The van der Waals surface area contributed by atoms with Crippen LogP contribution in [0.15, 0.2) is 54.9 Å². The molecule has 2 heterocycles. The highest BCUT2D eigenvalue weighted by molar-refractivity contribution is 7.14. The van der Waals surface area contributed by atoms with Crippen molar-refractivity contribution < 1.29 is 24.2 Å². The first kappa shape index (κ1) is 25.4. The number of hydrogen-bond donors (Lipinski definition) is 2. The number of hydrogen-bond acceptors (Lipinski definition) is 7. The van der Waals surface area contributed by atoms with Gasteiger partial charge in [-0.15, -0.1) is 0 Å². The number of aliphatic carboxylic acids is 1. The van der Waals surface area contributed by atoms with Crippen LogP contribution >= 0.6 is 22.9 Å². The summed E-state index contributed by atoms with van der Waals surface area (Å²) in [6.07, 6.45) is 11.6. The van der Waals surface area contributed by atoms with E-state index in [1.165, 1.54) is 42.5 Å². The van der Waals surface area contributed by atoms with Gasteiger partial charge in [0.05, 0.1) is 22.2 Å². The van der Waals surface area contributed by atoms with Gasteiger partial charge in [0, 0.05) is 36.1 Å². The molecule has 1 amide bonds. The molecule has 1 aromatic carbocycles. The van der Waals surface area contributed by atoms with Crippen molar-refractivity contribution in [2.24, 2.45) is 5.92 Å². The highest BCUT2D eigenvalue weighted by Crippen LogP contribution is 2.35. The number of carboxylic acids is 1. The summed E-state index contributed by atoms with van der Waals surface area (Å²) in [5.74, 6) is 0.492. The minimum absolute atomic E-state index is 0.271. The zero-order valence-corrected chi connectivity index (χ0v) is 21.0. The summed E-state index contributed by atoms with van der Waals surface area (Å²) in [5.41, 5.74) is 0.760. The lowest BCUT2D eigenvalue weighted by atomic mass is 10.2. The molecule has 36 heavy (non-hydrogen) atoms. The molecule has 0 spiro atoms. The molecule has 1 aliphatic carbocycles. The number of nitrogens with one attached hydrogen (secondary N) is 1. The molecule has 8 nitrogen and oxygen atoms in total. The summed E-state index contributed by atoms with van der Waals surface area (Å²) in [7, 11) is 0. The molecule has 1 atom stereocenters. The zero-order chi connectivity index (χ0) is 25.5. The third-order valence-corrected chi connectivity index (χ3v) is 6.27. The number of amides is 1. The first-order valence-electron chi connectivity index (χ1n) is 11.3. The second kappa shape index (κ2) is 11.8. The Morgan fingerprint density at radius 1 is 1.25 bits per heavy atom. The van der Waals surface area contributed by atoms with Crippen LogP contribution in [0.5, 0.6) is 16.7 Å². The van der Waals surface area contributed by atoms with Gasteiger partial charge >= 0.3 is 5.97 Å². The van der Waals surface area contributed by atoms with Gasteiger partial charge < -0.3 is 19.9 Å². The molecule has 0 aliphatic heterocycles. The van der Waals surface area contributed by atoms with Gasteiger partial charge in [-0.1, -0.05) is 29.0 Å². The van der Waals surface area contributed by atoms with Gasteiger partial charge in [-0.25, -0.2) is 9.78 Å². The maximum absolute atomic E-state index is 12.5. The minimum Gasteiger partial charge on any atom is -0.493 e. The predicted octanol–water partition coefficient (Wildman–Crippen LogP) is 5.70. The van der Waals surface area contributed by atoms with Crippen molar-refractivity contribution in [2.45, 2.75) is 25.8 Å². The highest BCUT2D eigenvalue weighted by atomic mass is 35.5. The van der Waals surface area contributed by atoms with Crippen LogP contribution in [-0.4, -0.2) is 39.6 Å². The van der Waals surface area contributed by atoms with E-state index in [4.69, 9.17) is 26.2 Å². The van der Waals surface area contributed by atoms with Gasteiger partial charge in [-0.05, 0) is 62.1 Å². The lowest BCUT2D eigenvalue weighted by Crippen LogP contribution is -2.31. The van der Waals surface area contributed by atoms with Crippen LogP contribution in [0, 0.1) is 5.92 Å². The molecule has 0 radical (unpaired) electrons. The van der Waals surface area contributed by atoms with Gasteiger partial charge in [0.1, 0.15) is 11.5 Å². The molecule has 0 unspecified atom stereocenters. The maximum Gasteiger partial charge on any atom is 0.328 e. The Bertz CT molecular complexity index is 1300. The summed E-state index contributed by atoms with van der Waals surface area (Å²) in [5, 5.41) is 12.5. The van der Waals surface area contributed by atoms with Crippen LogP contribution < -0.4 is 14.8 Å². The third kappa shape index (κ3) is 7.66. The normalized spacial score (nSPS) is 14.2. The quantitative estimate of drug-likeness (QED) is 0.309. The van der Waals surface area contributed by atoms with Crippen LogP contribution in [0.4, 0.5) is 0 Å². The summed E-state index contributed by atoms with van der Waals surface area (Å²) in [4.78, 5) is 32.4. The Labute approximate surface area is 217 Å². The van der Waals surface area contributed by atoms with Gasteiger partial charge in [-0.2, -0.15) is 0 Å². The monoisotopic (exact) mass is 525 g/mol. The van der Waals surface area contributed by atoms with Gasteiger partial charge in [0.2, 0.25) is 0 Å². The molecule has 10 heteroatoms. The van der Waals surface area contributed by atoms with E-state index in [9.17, 15) is 9.59 Å². The van der Waals surface area contributed by atoms with E-state index < -0.39 is 5.97 Å². The average molecular weight is 526 g/mol. The molecule has 2 aromatic heterocycles. The number of carboxylic acid groups (broad SMARTS) is 1. The Morgan fingerprint density at radius 2 is 2.08 bits per heavy atom. The Morgan fingerprint density at radius 3 is 2.83 bits per heavy atom. The molecule has 1 aliphatic rings. The van der Waals surface area contributed by atoms with E-state index in [0.29, 0.717) is 39.7 Å². The first-order valence-corrected chi connectivity index (χ1v) is 12.5. The fourth-order valence-corrected chi connectivity index (χ4v) is 3.96. The molecule has 4 rings (SSSR count). The predicted molar refractivity (Wildman–Crippen MR) is 139 cm³/mol. The number of ether oxygens (including phenoxy) is 2. The maximum atomic E-state index is 12.5. The summed E-state index contributed by atoms with van der Waals surface area (Å²) in [6.45, 7) is 2.55. The molecular formula is C26H24ClN3O5S. The van der Waals surface area contributed by atoms with Crippen LogP contribution in [0.3, 0.4) is 0 Å². The van der Waals surface area contributed by atoms with Crippen molar-refractivity contribution in [1.82, 2.24) is 15.3 Å². The molecule has 0 bridgehead atoms. The van der Waals surface area contributed by atoms with Gasteiger partial charge in [-0.3, -0.25) is 9.78 Å². The number of halogens is 1. The van der Waals surface area contributed by atoms with Crippen molar-refractivity contribution in [3.63, 3.8) is 0 Å². The number of rotatable bonds is 11. The molecule has 0 saturated heterocycles. The fourth-order valence-electron chi connectivity index (χ4n) is 3.06. The van der Waals surface area contributed by atoms with Crippen LogP contribution in [0.1, 0.15) is 40.7 Å². The Balaban J connectivity index is 1.30. The van der Waals surface area contributed by atoms with E-state index in [-0.39, 0.29) is 11.9 Å². The third-order valence-electron chi connectivity index (χ3n) is 5.13. The summed E-state index contributed by atoms with van der Waals surface area (Å²) >= 11 is 7.69. The second-order valence-corrected chi connectivity index (χ2v) is 9.67. The molecule has 186 valence electrons. The highest BCUT2D eigenvalue weighted by Gasteiger charge is 2.22. The van der Waals surface area contributed by atoms with Crippen LogP contribution in [-0.2, 0) is 4.79 Å². The fraction of sp³-hybridized carbons (Fsp3) is 0.231. The Hall–Kier alpha value is -3.69. The number of thiazole rings is 1. The number of benzene rings is 1. The molecule has 3 aromatic rings. The zero-order valence-electron chi connectivity index (χ0n) is 19.4. The number of aromatic nitrogens is 2. The molecule has 1 saturated carbocycles. The van der Waals surface area contributed by atoms with Crippen molar-refractivity contribution in [1.29, 1.82) is 0 Å². The lowest BCUT2D eigenvalue weighted by molar-refractivity contribution is -0.131. The molecular weight excluding hydrogens is 502 g/mol. The largest absolute Gasteiger partial charge is 0.493 e. The summed E-state index contributed by atoms with van der Waals surface area (Å²) in [6, 6.07) is 8.15. The lowest BCUT2D eigenvalue weighted by Gasteiger charge is -2.10. The van der Waals surface area contributed by atoms with Crippen molar-refractivity contribution >= 4 is 47.0 Å². The average Bonchev–Trinajstić information content (AvgIpc) is 3.59. The number of nitrogens with zero attached hydrogens (tertiary/aromatic N) is 2. The van der Waals surface area contributed by atoms with E-state index in [2.05, 4.69) is 15.3 Å². The van der Waals surface area contributed by atoms with E-state index in [1.807, 2.05) is 25.1 Å². The molecule has 2 N–H and O–H groups in total. The Kier molecular flexibility index (Phi) is 8.35. The number of carbonyl (C=O) groups is 2. The van der Waals surface area contributed by atoms with Gasteiger partial charge in [0.15, 0.2) is 0 Å². The van der Waals surface area contributed by atoms with Crippen LogP contribution in [0.2, 0.25) is 5.02 Å². The smallest absolute Gasteiger partial charge is 0.328 e. The minimum atomic E-state index is -1.09. The van der Waals surface area contributed by atoms with Crippen molar-refractivity contribution in [3.05, 3.63) is 76.0 Å². The van der Waals surface area contributed by atoms with E-state index >= 15 is 0 Å². The topological polar surface area (TPSA) is 111 Å². The number of pyridine rings is 1. The van der Waals surface area contributed by atoms with E-state index in [1.54, 1.807) is 24.4 Å². The standard InChI is InChI=1S/C26H24ClN3O5S/c1-16(30-25(33)18-10-11-28-19(12-18)5-9-24(31)32)2-7-21-14-29-26(36-21)35-23-8-6-20(13-22(23)27)34-15-17-3-4-17/h2,5-14,16-17H,3-4,15H2,1H3,(H,30,33)(H,31,32)/t16-/m0/s1. The number of carbonyl (C=O) groups excluding carboxylic acids is 1. The van der Waals surface area contributed by atoms with Crippen molar-refractivity contribution in [2.75, 3.05) is 6.61 Å². The molecule has 1 fully saturated rings. The second-order valence-electron chi connectivity index (χ2n) is 8.24. The first-order chi connectivity index (χ1) is 17.4. The SMILES string of the molecule is C[C@@H](C=Cc1cnc(Oc2ccc(OCC3CC3)cc2Cl)s1)NC(=O)c1ccnc(C=CC(=O)O)c1. The van der Waals surface area contributed by atoms with Gasteiger partial charge in [0.25, 0.3) is 11.1 Å². The van der Waals surface area contributed by atoms with Crippen molar-refractivity contribution in [3.8, 4) is 16.7 Å². The van der Waals surface area contributed by atoms with Crippen LogP contribution in [0.25, 0.3) is 12.2 Å².